The molecule has 0 aliphatic carbocycles. The van der Waals surface area contributed by atoms with Gasteiger partial charge < -0.3 is 15.2 Å². The predicted octanol–water partition coefficient (Wildman–Crippen LogP) is 3.74. The summed E-state index contributed by atoms with van der Waals surface area (Å²) >= 11 is 0. The normalized spacial score (nSPS) is 11.8. The molecule has 0 saturated carbocycles. The van der Waals surface area contributed by atoms with Crippen molar-refractivity contribution >= 4 is 11.9 Å². The maximum absolute atomic E-state index is 12.6. The van der Waals surface area contributed by atoms with E-state index >= 15 is 0 Å². The highest BCUT2D eigenvalue weighted by Gasteiger charge is 2.17. The molecule has 138 valence electrons. The minimum atomic E-state index is -0.879. The van der Waals surface area contributed by atoms with E-state index in [-0.39, 0.29) is 30.9 Å². The lowest BCUT2D eigenvalue weighted by Crippen LogP contribution is -2.30. The topological polar surface area (TPSA) is 75.6 Å². The fourth-order valence-corrected chi connectivity index (χ4v) is 2.71. The summed E-state index contributed by atoms with van der Waals surface area (Å²) in [6.45, 7) is 3.88. The van der Waals surface area contributed by atoms with Crippen LogP contribution in [0.15, 0.2) is 54.6 Å². The van der Waals surface area contributed by atoms with Crippen LogP contribution in [0.25, 0.3) is 0 Å². The molecule has 5 nitrogen and oxygen atoms in total. The average Bonchev–Trinajstić information content (AvgIpc) is 2.60. The van der Waals surface area contributed by atoms with E-state index in [1.54, 1.807) is 0 Å². The summed E-state index contributed by atoms with van der Waals surface area (Å²) in [5.41, 5.74) is 1.71. The highest BCUT2D eigenvalue weighted by Crippen LogP contribution is 2.22. The molecule has 0 aromatic heterocycles. The number of hydrogen-bond acceptors (Lipinski definition) is 3. The smallest absolute Gasteiger partial charge is 0.303 e. The lowest BCUT2D eigenvalue weighted by atomic mass is 10.0. The summed E-state index contributed by atoms with van der Waals surface area (Å²) in [7, 11) is 0. The molecule has 2 aromatic carbocycles. The van der Waals surface area contributed by atoms with Crippen LogP contribution in [0.1, 0.15) is 43.9 Å². The third-order valence-corrected chi connectivity index (χ3v) is 3.87. The number of nitrogens with one attached hydrogen (secondary N) is 1. The Morgan fingerprint density at radius 2 is 1.69 bits per heavy atom. The van der Waals surface area contributed by atoms with Gasteiger partial charge in [0.15, 0.2) is 0 Å². The van der Waals surface area contributed by atoms with Gasteiger partial charge in [-0.1, -0.05) is 48.5 Å². The second-order valence-corrected chi connectivity index (χ2v) is 6.41. The maximum atomic E-state index is 12.6. The Bertz CT molecular complexity index is 728. The minimum absolute atomic E-state index is 0.00706. The van der Waals surface area contributed by atoms with Crippen LogP contribution in [0.4, 0.5) is 0 Å². The second kappa shape index (κ2) is 9.61. The van der Waals surface area contributed by atoms with Gasteiger partial charge in [0.1, 0.15) is 5.75 Å². The summed E-state index contributed by atoms with van der Waals surface area (Å²) in [5, 5.41) is 11.9. The van der Waals surface area contributed by atoms with Crippen molar-refractivity contribution in [1.29, 1.82) is 0 Å². The summed E-state index contributed by atoms with van der Waals surface area (Å²) in [6, 6.07) is 16.5. The summed E-state index contributed by atoms with van der Waals surface area (Å²) in [4.78, 5) is 23.5. The van der Waals surface area contributed by atoms with Crippen LogP contribution in [-0.2, 0) is 16.0 Å². The SMILES string of the molecule is CC(C)Oc1ccccc1CC(=O)NC(CCC(=O)O)c1ccccc1. The maximum Gasteiger partial charge on any atom is 0.303 e. The summed E-state index contributed by atoms with van der Waals surface area (Å²) < 4.78 is 5.76. The van der Waals surface area contributed by atoms with E-state index in [0.29, 0.717) is 12.2 Å². The van der Waals surface area contributed by atoms with Gasteiger partial charge in [-0.15, -0.1) is 0 Å². The molecule has 1 unspecified atom stereocenters. The zero-order valence-electron chi connectivity index (χ0n) is 15.1. The van der Waals surface area contributed by atoms with Crippen LogP contribution >= 0.6 is 0 Å². The van der Waals surface area contributed by atoms with Crippen molar-refractivity contribution in [2.45, 2.75) is 45.3 Å². The highest BCUT2D eigenvalue weighted by atomic mass is 16.5. The van der Waals surface area contributed by atoms with E-state index in [4.69, 9.17) is 9.84 Å². The van der Waals surface area contributed by atoms with Crippen molar-refractivity contribution in [3.8, 4) is 5.75 Å². The average molecular weight is 355 g/mol. The highest BCUT2D eigenvalue weighted by molar-refractivity contribution is 5.80. The number of carbonyl (C=O) groups is 2. The zero-order valence-corrected chi connectivity index (χ0v) is 15.1. The van der Waals surface area contributed by atoms with Gasteiger partial charge in [-0.25, -0.2) is 0 Å². The number of hydrogen-bond donors (Lipinski definition) is 2. The van der Waals surface area contributed by atoms with E-state index in [0.717, 1.165) is 11.1 Å². The van der Waals surface area contributed by atoms with Crippen molar-refractivity contribution < 1.29 is 19.4 Å². The molecular weight excluding hydrogens is 330 g/mol. The van der Waals surface area contributed by atoms with Crippen molar-refractivity contribution in [1.82, 2.24) is 5.32 Å². The molecule has 0 bridgehead atoms. The Hall–Kier alpha value is -2.82. The van der Waals surface area contributed by atoms with E-state index in [1.807, 2.05) is 68.4 Å². The minimum Gasteiger partial charge on any atom is -0.491 e. The van der Waals surface area contributed by atoms with Gasteiger partial charge in [-0.05, 0) is 31.9 Å². The summed E-state index contributed by atoms with van der Waals surface area (Å²) in [5.74, 6) is -0.348. The number of aliphatic carboxylic acids is 1. The fourth-order valence-electron chi connectivity index (χ4n) is 2.71. The molecule has 2 aromatic rings. The van der Waals surface area contributed by atoms with Gasteiger partial charge in [0.2, 0.25) is 5.91 Å². The van der Waals surface area contributed by atoms with Crippen LogP contribution in [0.3, 0.4) is 0 Å². The molecule has 26 heavy (non-hydrogen) atoms. The Kier molecular flexibility index (Phi) is 7.21. The van der Waals surface area contributed by atoms with E-state index in [9.17, 15) is 9.59 Å². The monoisotopic (exact) mass is 355 g/mol. The molecule has 2 N–H and O–H groups in total. The molecule has 0 spiro atoms. The number of amides is 1. The Balaban J connectivity index is 2.09. The van der Waals surface area contributed by atoms with E-state index in [1.165, 1.54) is 0 Å². The molecule has 5 heteroatoms. The molecule has 1 atom stereocenters. The first-order valence-electron chi connectivity index (χ1n) is 8.76. The number of carboxylic acids is 1. The Morgan fingerprint density at radius 1 is 1.04 bits per heavy atom. The first-order chi connectivity index (χ1) is 12.5. The van der Waals surface area contributed by atoms with Gasteiger partial charge in [-0.2, -0.15) is 0 Å². The van der Waals surface area contributed by atoms with Gasteiger partial charge in [0.25, 0.3) is 0 Å². The van der Waals surface area contributed by atoms with Crippen molar-refractivity contribution in [2.75, 3.05) is 0 Å². The van der Waals surface area contributed by atoms with Gasteiger partial charge >= 0.3 is 5.97 Å². The number of ether oxygens (including phenoxy) is 1. The number of para-hydroxylation sites is 1. The molecule has 0 saturated heterocycles. The quantitative estimate of drug-likeness (QED) is 0.718. The molecule has 0 radical (unpaired) electrons. The number of benzene rings is 2. The second-order valence-electron chi connectivity index (χ2n) is 6.41. The summed E-state index contributed by atoms with van der Waals surface area (Å²) in [6.07, 6.45) is 0.536. The molecular formula is C21H25NO4. The first kappa shape index (κ1) is 19.5. The largest absolute Gasteiger partial charge is 0.491 e. The predicted molar refractivity (Wildman–Crippen MR) is 100 cm³/mol. The van der Waals surface area contributed by atoms with Crippen molar-refractivity contribution in [3.05, 3.63) is 65.7 Å². The number of carboxylic acid groups (broad SMARTS) is 1. The first-order valence-corrected chi connectivity index (χ1v) is 8.76. The molecule has 0 heterocycles. The van der Waals surface area contributed by atoms with Crippen molar-refractivity contribution in [3.63, 3.8) is 0 Å². The Morgan fingerprint density at radius 3 is 2.35 bits per heavy atom. The third-order valence-electron chi connectivity index (χ3n) is 3.87. The van der Waals surface area contributed by atoms with E-state index in [2.05, 4.69) is 5.32 Å². The van der Waals surface area contributed by atoms with Crippen LogP contribution in [-0.4, -0.2) is 23.1 Å². The lowest BCUT2D eigenvalue weighted by Gasteiger charge is -2.19. The molecule has 0 aliphatic heterocycles. The van der Waals surface area contributed by atoms with Gasteiger partial charge in [0, 0.05) is 12.0 Å². The zero-order chi connectivity index (χ0) is 18.9. The van der Waals surface area contributed by atoms with Crippen LogP contribution < -0.4 is 10.1 Å². The molecule has 0 aliphatic rings. The van der Waals surface area contributed by atoms with Gasteiger partial charge in [-0.3, -0.25) is 9.59 Å². The molecule has 1 amide bonds. The van der Waals surface area contributed by atoms with Crippen LogP contribution in [0.2, 0.25) is 0 Å². The van der Waals surface area contributed by atoms with Crippen LogP contribution in [0, 0.1) is 0 Å². The molecule has 2 rings (SSSR count). The van der Waals surface area contributed by atoms with Gasteiger partial charge in [0.05, 0.1) is 18.6 Å². The molecule has 0 fully saturated rings. The number of rotatable bonds is 9. The lowest BCUT2D eigenvalue weighted by molar-refractivity contribution is -0.137. The Labute approximate surface area is 154 Å². The fraction of sp³-hybridized carbons (Fsp3) is 0.333. The third kappa shape index (κ3) is 6.24. The van der Waals surface area contributed by atoms with Crippen LogP contribution in [0.5, 0.6) is 5.75 Å². The number of carbonyl (C=O) groups excluding carboxylic acids is 1. The van der Waals surface area contributed by atoms with E-state index < -0.39 is 5.97 Å². The standard InChI is InChI=1S/C21H25NO4/c1-15(2)26-19-11-7-6-10-17(19)14-20(23)22-18(12-13-21(24)25)16-8-4-3-5-9-16/h3-11,15,18H,12-14H2,1-2H3,(H,22,23)(H,24,25). The van der Waals surface area contributed by atoms with Crippen molar-refractivity contribution in [2.24, 2.45) is 0 Å².